The molecule has 0 spiro atoms. The number of pyridine rings is 1. The second kappa shape index (κ2) is 7.01. The van der Waals surface area contributed by atoms with Crippen molar-refractivity contribution in [3.05, 3.63) is 57.6 Å². The van der Waals surface area contributed by atoms with E-state index >= 15 is 0 Å². The van der Waals surface area contributed by atoms with Gasteiger partial charge in [0.2, 0.25) is 0 Å². The van der Waals surface area contributed by atoms with Gasteiger partial charge in [-0.05, 0) is 42.9 Å². The number of amides is 1. The summed E-state index contributed by atoms with van der Waals surface area (Å²) in [6.45, 7) is 0.580. The molecule has 0 unspecified atom stereocenters. The van der Waals surface area contributed by atoms with Crippen molar-refractivity contribution in [1.82, 2.24) is 4.98 Å². The second-order valence-corrected chi connectivity index (χ2v) is 7.17. The summed E-state index contributed by atoms with van der Waals surface area (Å²) in [5, 5.41) is 0. The Labute approximate surface area is 147 Å². The summed E-state index contributed by atoms with van der Waals surface area (Å²) in [6, 6.07) is 7.02. The lowest BCUT2D eigenvalue weighted by molar-refractivity contribution is 0.0979. The van der Waals surface area contributed by atoms with Crippen LogP contribution < -0.4 is 4.90 Å². The van der Waals surface area contributed by atoms with E-state index in [1.165, 1.54) is 6.07 Å². The van der Waals surface area contributed by atoms with Crippen LogP contribution in [0, 0.1) is 5.82 Å². The van der Waals surface area contributed by atoms with E-state index in [1.807, 2.05) is 24.5 Å². The van der Waals surface area contributed by atoms with Crippen LogP contribution in [-0.4, -0.2) is 23.7 Å². The molecule has 0 N–H and O–H groups in total. The van der Waals surface area contributed by atoms with Gasteiger partial charge in [0.05, 0.1) is 5.69 Å². The highest BCUT2D eigenvalue weighted by Gasteiger charge is 2.28. The van der Waals surface area contributed by atoms with Crippen LogP contribution in [0.25, 0.3) is 0 Å². The molecule has 120 valence electrons. The van der Waals surface area contributed by atoms with Crippen LogP contribution in [0.15, 0.2) is 34.9 Å². The summed E-state index contributed by atoms with van der Waals surface area (Å²) < 4.78 is 14.8. The Hall–Kier alpha value is -1.40. The molecule has 2 aromatic rings. The molecule has 3 rings (SSSR count). The van der Waals surface area contributed by atoms with Crippen LogP contribution in [0.2, 0.25) is 0 Å². The van der Waals surface area contributed by atoms with E-state index < -0.39 is 0 Å². The Morgan fingerprint density at radius 2 is 2.30 bits per heavy atom. The molecule has 0 atom stereocenters. The maximum atomic E-state index is 14.2. The highest BCUT2D eigenvalue weighted by Crippen LogP contribution is 2.33. The summed E-state index contributed by atoms with van der Waals surface area (Å²) in [6.07, 6.45) is 5.02. The van der Waals surface area contributed by atoms with Gasteiger partial charge in [-0.1, -0.05) is 22.0 Å². The summed E-state index contributed by atoms with van der Waals surface area (Å²) in [5.41, 5.74) is 2.62. The van der Waals surface area contributed by atoms with Gasteiger partial charge in [0.1, 0.15) is 11.5 Å². The van der Waals surface area contributed by atoms with E-state index in [4.69, 9.17) is 0 Å². The van der Waals surface area contributed by atoms with Crippen LogP contribution in [0.3, 0.4) is 0 Å². The number of fused-ring (bicyclic) bond motifs is 1. The minimum absolute atomic E-state index is 0.159. The summed E-state index contributed by atoms with van der Waals surface area (Å²) in [4.78, 5) is 18.9. The number of nitrogens with zero attached hydrogens (tertiary/aromatic N) is 2. The Bertz CT molecular complexity index is 753. The first-order chi connectivity index (χ1) is 11.1. The number of rotatable bonds is 3. The summed E-state index contributed by atoms with van der Waals surface area (Å²) in [7, 11) is 0. The molecule has 1 aliphatic rings. The molecule has 0 bridgehead atoms. The Morgan fingerprint density at radius 3 is 3.09 bits per heavy atom. The van der Waals surface area contributed by atoms with Crippen molar-refractivity contribution in [1.29, 1.82) is 0 Å². The van der Waals surface area contributed by atoms with Crippen molar-refractivity contribution in [3.63, 3.8) is 0 Å². The van der Waals surface area contributed by atoms with Gasteiger partial charge in [-0.3, -0.25) is 9.78 Å². The van der Waals surface area contributed by atoms with E-state index in [0.29, 0.717) is 34.4 Å². The number of hydrogen-bond acceptors (Lipinski definition) is 3. The van der Waals surface area contributed by atoms with Crippen LogP contribution in [0.1, 0.15) is 28.0 Å². The van der Waals surface area contributed by atoms with Crippen LogP contribution in [0.4, 0.5) is 10.1 Å². The van der Waals surface area contributed by atoms with E-state index in [9.17, 15) is 9.18 Å². The van der Waals surface area contributed by atoms with Crippen molar-refractivity contribution >= 4 is 39.3 Å². The second-order valence-electron chi connectivity index (χ2n) is 5.39. The van der Waals surface area contributed by atoms with Crippen LogP contribution in [-0.2, 0) is 12.2 Å². The lowest BCUT2D eigenvalue weighted by atomic mass is 10.0. The quantitative estimate of drug-likeness (QED) is 0.771. The van der Waals surface area contributed by atoms with Crippen molar-refractivity contribution in [2.45, 2.75) is 18.6 Å². The third kappa shape index (κ3) is 3.28. The van der Waals surface area contributed by atoms with E-state index in [1.54, 1.807) is 22.9 Å². The molecule has 0 saturated carbocycles. The standard InChI is InChI=1S/C17H16BrFN2OS/c1-23-10-11-4-2-6-20-16(11)17(22)21-7-3-5-13-14(19)8-12(18)9-15(13)21/h2,4,6,8-9H,3,5,7,10H2,1H3. The molecule has 1 aliphatic heterocycles. The fraction of sp³-hybridized carbons (Fsp3) is 0.294. The number of carbonyl (C=O) groups excluding carboxylic acids is 1. The molecular formula is C17H16BrFN2OS. The number of carbonyl (C=O) groups is 1. The zero-order valence-corrected chi connectivity index (χ0v) is 15.1. The average molecular weight is 395 g/mol. The molecule has 6 heteroatoms. The molecule has 3 nitrogen and oxygen atoms in total. The first-order valence-corrected chi connectivity index (χ1v) is 9.53. The molecular weight excluding hydrogens is 379 g/mol. The van der Waals surface area contributed by atoms with Crippen molar-refractivity contribution in [3.8, 4) is 0 Å². The van der Waals surface area contributed by atoms with Gasteiger partial charge in [-0.25, -0.2) is 4.39 Å². The van der Waals surface area contributed by atoms with Gasteiger partial charge in [0, 0.05) is 28.5 Å². The highest BCUT2D eigenvalue weighted by atomic mass is 79.9. The van der Waals surface area contributed by atoms with Crippen molar-refractivity contribution in [2.24, 2.45) is 0 Å². The zero-order valence-electron chi connectivity index (χ0n) is 12.7. The minimum Gasteiger partial charge on any atom is -0.307 e. The van der Waals surface area contributed by atoms with Gasteiger partial charge < -0.3 is 4.90 Å². The number of hydrogen-bond donors (Lipinski definition) is 0. The Balaban J connectivity index is 2.03. The average Bonchev–Trinajstić information content (AvgIpc) is 2.54. The molecule has 1 aromatic heterocycles. The Kier molecular flexibility index (Phi) is 5.02. The van der Waals surface area contributed by atoms with Gasteiger partial charge in [0.15, 0.2) is 0 Å². The summed E-state index contributed by atoms with van der Waals surface area (Å²) >= 11 is 4.96. The third-order valence-corrected chi connectivity index (χ3v) is 4.93. The molecule has 2 heterocycles. The number of anilines is 1. The minimum atomic E-state index is -0.266. The van der Waals surface area contributed by atoms with Gasteiger partial charge in [-0.15, -0.1) is 0 Å². The number of thioether (sulfide) groups is 1. The predicted octanol–water partition coefficient (Wildman–Crippen LogP) is 4.44. The molecule has 1 amide bonds. The van der Waals surface area contributed by atoms with Crippen LogP contribution in [0.5, 0.6) is 0 Å². The zero-order chi connectivity index (χ0) is 16.4. The smallest absolute Gasteiger partial charge is 0.277 e. The van der Waals surface area contributed by atoms with Crippen molar-refractivity contribution < 1.29 is 9.18 Å². The molecule has 23 heavy (non-hydrogen) atoms. The largest absolute Gasteiger partial charge is 0.307 e. The fourth-order valence-electron chi connectivity index (χ4n) is 2.85. The third-order valence-electron chi connectivity index (χ3n) is 3.87. The molecule has 0 radical (unpaired) electrons. The maximum absolute atomic E-state index is 14.2. The lowest BCUT2D eigenvalue weighted by Gasteiger charge is -2.30. The van der Waals surface area contributed by atoms with E-state index in [-0.39, 0.29) is 11.7 Å². The SMILES string of the molecule is CSCc1cccnc1C(=O)N1CCCc2c(F)cc(Br)cc21. The van der Waals surface area contributed by atoms with Crippen LogP contribution >= 0.6 is 27.7 Å². The van der Waals surface area contributed by atoms with Crippen molar-refractivity contribution in [2.75, 3.05) is 17.7 Å². The maximum Gasteiger partial charge on any atom is 0.277 e. The molecule has 0 saturated heterocycles. The lowest BCUT2D eigenvalue weighted by Crippen LogP contribution is -2.37. The van der Waals surface area contributed by atoms with E-state index in [0.717, 1.165) is 17.7 Å². The molecule has 1 aromatic carbocycles. The fourth-order valence-corrected chi connectivity index (χ4v) is 3.82. The highest BCUT2D eigenvalue weighted by molar-refractivity contribution is 9.10. The monoisotopic (exact) mass is 394 g/mol. The first-order valence-electron chi connectivity index (χ1n) is 7.34. The van der Waals surface area contributed by atoms with Gasteiger partial charge in [-0.2, -0.15) is 11.8 Å². The number of aromatic nitrogens is 1. The molecule has 0 fully saturated rings. The van der Waals surface area contributed by atoms with Gasteiger partial charge >= 0.3 is 0 Å². The molecule has 0 aliphatic carbocycles. The topological polar surface area (TPSA) is 33.2 Å². The van der Waals surface area contributed by atoms with Gasteiger partial charge in [0.25, 0.3) is 5.91 Å². The normalized spacial score (nSPS) is 13.8. The predicted molar refractivity (Wildman–Crippen MR) is 95.6 cm³/mol. The van der Waals surface area contributed by atoms with E-state index in [2.05, 4.69) is 20.9 Å². The number of benzene rings is 1. The summed E-state index contributed by atoms with van der Waals surface area (Å²) in [5.74, 6) is 0.299. The Morgan fingerprint density at radius 1 is 1.48 bits per heavy atom. The first kappa shape index (κ1) is 16.5. The number of halogens is 2.